The van der Waals surface area contributed by atoms with Crippen LogP contribution >= 0.6 is 11.6 Å². The highest BCUT2D eigenvalue weighted by atomic mass is 35.5. The third-order valence-electron chi connectivity index (χ3n) is 3.20. The van der Waals surface area contributed by atoms with Crippen LogP contribution in [0.15, 0.2) is 24.3 Å². The van der Waals surface area contributed by atoms with Crippen molar-refractivity contribution in [1.29, 1.82) is 0 Å². The van der Waals surface area contributed by atoms with E-state index >= 15 is 0 Å². The predicted octanol–water partition coefficient (Wildman–Crippen LogP) is 3.31. The van der Waals surface area contributed by atoms with Gasteiger partial charge in [-0.15, -0.1) is 11.6 Å². The number of carbonyl (C=O) groups is 1. The Morgan fingerprint density at radius 3 is 2.56 bits per heavy atom. The minimum atomic E-state index is 0.0658. The fourth-order valence-electron chi connectivity index (χ4n) is 1.80. The number of halogens is 1. The summed E-state index contributed by atoms with van der Waals surface area (Å²) in [5, 5.41) is 2.98. The minimum Gasteiger partial charge on any atom is -0.352 e. The standard InChI is InChI=1S/C15H22ClNO/c1-11(2)14(10-16)17-15(18)9-8-13-7-5-4-6-12(13)3/h4-7,11,14H,8-10H2,1-3H3,(H,17,18). The molecule has 2 nitrogen and oxygen atoms in total. The van der Waals surface area contributed by atoms with E-state index in [9.17, 15) is 4.79 Å². The zero-order valence-corrected chi connectivity index (χ0v) is 12.1. The monoisotopic (exact) mass is 267 g/mol. The molecule has 1 aromatic rings. The van der Waals surface area contributed by atoms with Crippen molar-refractivity contribution in [2.24, 2.45) is 5.92 Å². The second-order valence-electron chi connectivity index (χ2n) is 5.00. The van der Waals surface area contributed by atoms with Crippen LogP contribution in [0.3, 0.4) is 0 Å². The number of benzene rings is 1. The first kappa shape index (κ1) is 15.0. The molecule has 0 saturated heterocycles. The Morgan fingerprint density at radius 2 is 2.00 bits per heavy atom. The summed E-state index contributed by atoms with van der Waals surface area (Å²) < 4.78 is 0. The Balaban J connectivity index is 2.44. The second-order valence-corrected chi connectivity index (χ2v) is 5.31. The Kier molecular flexibility index (Phi) is 6.20. The number of carbonyl (C=O) groups excluding carboxylic acids is 1. The maximum atomic E-state index is 11.8. The van der Waals surface area contributed by atoms with Gasteiger partial charge in [0.2, 0.25) is 5.91 Å². The van der Waals surface area contributed by atoms with E-state index in [1.54, 1.807) is 0 Å². The number of rotatable bonds is 6. The van der Waals surface area contributed by atoms with Gasteiger partial charge in [0.25, 0.3) is 0 Å². The van der Waals surface area contributed by atoms with Crippen molar-refractivity contribution in [2.75, 3.05) is 5.88 Å². The van der Waals surface area contributed by atoms with E-state index in [-0.39, 0.29) is 11.9 Å². The molecule has 1 amide bonds. The molecule has 0 radical (unpaired) electrons. The Hall–Kier alpha value is -1.02. The van der Waals surface area contributed by atoms with E-state index in [0.29, 0.717) is 18.2 Å². The molecule has 18 heavy (non-hydrogen) atoms. The smallest absolute Gasteiger partial charge is 0.220 e. The van der Waals surface area contributed by atoms with Crippen LogP contribution in [-0.4, -0.2) is 17.8 Å². The van der Waals surface area contributed by atoms with Crippen molar-refractivity contribution in [3.63, 3.8) is 0 Å². The lowest BCUT2D eigenvalue weighted by Gasteiger charge is -2.19. The number of amides is 1. The number of nitrogens with one attached hydrogen (secondary N) is 1. The van der Waals surface area contributed by atoms with Crippen molar-refractivity contribution < 1.29 is 4.79 Å². The number of hydrogen-bond acceptors (Lipinski definition) is 1. The Labute approximate surface area is 115 Å². The summed E-state index contributed by atoms with van der Waals surface area (Å²) in [6.07, 6.45) is 1.30. The topological polar surface area (TPSA) is 29.1 Å². The van der Waals surface area contributed by atoms with Gasteiger partial charge in [0.1, 0.15) is 0 Å². The quantitative estimate of drug-likeness (QED) is 0.788. The molecular weight excluding hydrogens is 246 g/mol. The highest BCUT2D eigenvalue weighted by Gasteiger charge is 2.14. The van der Waals surface area contributed by atoms with E-state index in [0.717, 1.165) is 6.42 Å². The first-order valence-corrected chi connectivity index (χ1v) is 6.98. The lowest BCUT2D eigenvalue weighted by molar-refractivity contribution is -0.121. The minimum absolute atomic E-state index is 0.0658. The highest BCUT2D eigenvalue weighted by molar-refractivity contribution is 6.18. The molecule has 0 aliphatic rings. The lowest BCUT2D eigenvalue weighted by Crippen LogP contribution is -2.39. The van der Waals surface area contributed by atoms with Crippen LogP contribution in [0.25, 0.3) is 0 Å². The summed E-state index contributed by atoms with van der Waals surface area (Å²) in [7, 11) is 0. The van der Waals surface area contributed by atoms with Crippen LogP contribution in [-0.2, 0) is 11.2 Å². The molecule has 1 aromatic carbocycles. The van der Waals surface area contributed by atoms with E-state index in [1.807, 2.05) is 12.1 Å². The van der Waals surface area contributed by atoms with Gasteiger partial charge < -0.3 is 5.32 Å². The molecule has 0 fully saturated rings. The molecule has 100 valence electrons. The lowest BCUT2D eigenvalue weighted by atomic mass is 10.0. The van der Waals surface area contributed by atoms with Crippen LogP contribution in [0, 0.1) is 12.8 Å². The normalized spacial score (nSPS) is 12.5. The van der Waals surface area contributed by atoms with Gasteiger partial charge in [-0.2, -0.15) is 0 Å². The Bertz CT molecular complexity index is 390. The van der Waals surface area contributed by atoms with Crippen LogP contribution < -0.4 is 5.32 Å². The first-order chi connectivity index (χ1) is 8.54. The molecular formula is C15H22ClNO. The summed E-state index contributed by atoms with van der Waals surface area (Å²) in [5.74, 6) is 0.913. The maximum Gasteiger partial charge on any atom is 0.220 e. The van der Waals surface area contributed by atoms with Gasteiger partial charge in [-0.3, -0.25) is 4.79 Å². The molecule has 0 saturated carbocycles. The zero-order valence-electron chi connectivity index (χ0n) is 11.4. The van der Waals surface area contributed by atoms with Gasteiger partial charge in [0.15, 0.2) is 0 Å². The van der Waals surface area contributed by atoms with Crippen molar-refractivity contribution in [3.05, 3.63) is 35.4 Å². The summed E-state index contributed by atoms with van der Waals surface area (Å²) in [4.78, 5) is 11.8. The summed E-state index contributed by atoms with van der Waals surface area (Å²) in [6.45, 7) is 6.20. The average molecular weight is 268 g/mol. The molecule has 3 heteroatoms. The van der Waals surface area contributed by atoms with Crippen molar-refractivity contribution >= 4 is 17.5 Å². The third-order valence-corrected chi connectivity index (χ3v) is 3.53. The predicted molar refractivity (Wildman–Crippen MR) is 77.0 cm³/mol. The number of alkyl halides is 1. The zero-order chi connectivity index (χ0) is 13.5. The van der Waals surface area contributed by atoms with Crippen molar-refractivity contribution in [1.82, 2.24) is 5.32 Å². The molecule has 1 rings (SSSR count). The molecule has 0 spiro atoms. The SMILES string of the molecule is Cc1ccccc1CCC(=O)NC(CCl)C(C)C. The van der Waals surface area contributed by atoms with E-state index < -0.39 is 0 Å². The van der Waals surface area contributed by atoms with Crippen LogP contribution in [0.1, 0.15) is 31.4 Å². The molecule has 0 bridgehead atoms. The fourth-order valence-corrected chi connectivity index (χ4v) is 2.23. The summed E-state index contributed by atoms with van der Waals surface area (Å²) >= 11 is 5.83. The van der Waals surface area contributed by atoms with Crippen LogP contribution in [0.2, 0.25) is 0 Å². The van der Waals surface area contributed by atoms with Gasteiger partial charge in [-0.05, 0) is 30.4 Å². The molecule has 0 aromatic heterocycles. The molecule has 0 heterocycles. The molecule has 1 N–H and O–H groups in total. The van der Waals surface area contributed by atoms with E-state index in [1.165, 1.54) is 11.1 Å². The number of aryl methyl sites for hydroxylation is 2. The fraction of sp³-hybridized carbons (Fsp3) is 0.533. The number of hydrogen-bond donors (Lipinski definition) is 1. The van der Waals surface area contributed by atoms with Gasteiger partial charge >= 0.3 is 0 Å². The molecule has 1 atom stereocenters. The van der Waals surface area contributed by atoms with Gasteiger partial charge in [-0.1, -0.05) is 38.1 Å². The highest BCUT2D eigenvalue weighted by Crippen LogP contribution is 2.10. The summed E-state index contributed by atoms with van der Waals surface area (Å²) in [6, 6.07) is 8.24. The molecule has 1 unspecified atom stereocenters. The second kappa shape index (κ2) is 7.42. The first-order valence-electron chi connectivity index (χ1n) is 6.44. The third kappa shape index (κ3) is 4.69. The van der Waals surface area contributed by atoms with Gasteiger partial charge in [0.05, 0.1) is 0 Å². The Morgan fingerprint density at radius 1 is 1.33 bits per heavy atom. The van der Waals surface area contributed by atoms with Crippen molar-refractivity contribution in [2.45, 2.75) is 39.7 Å². The molecule has 0 aliphatic carbocycles. The van der Waals surface area contributed by atoms with Crippen LogP contribution in [0.4, 0.5) is 0 Å². The van der Waals surface area contributed by atoms with E-state index in [2.05, 4.69) is 38.2 Å². The summed E-state index contributed by atoms with van der Waals surface area (Å²) in [5.41, 5.74) is 2.47. The van der Waals surface area contributed by atoms with Gasteiger partial charge in [-0.25, -0.2) is 0 Å². The largest absolute Gasteiger partial charge is 0.352 e. The van der Waals surface area contributed by atoms with Crippen molar-refractivity contribution in [3.8, 4) is 0 Å². The average Bonchev–Trinajstić information content (AvgIpc) is 2.34. The maximum absolute atomic E-state index is 11.8. The van der Waals surface area contributed by atoms with Gasteiger partial charge in [0, 0.05) is 18.3 Å². The van der Waals surface area contributed by atoms with Crippen LogP contribution in [0.5, 0.6) is 0 Å². The van der Waals surface area contributed by atoms with E-state index in [4.69, 9.17) is 11.6 Å². The molecule has 0 aliphatic heterocycles.